The van der Waals surface area contributed by atoms with Crippen LogP contribution in [0, 0.1) is 5.95 Å². The highest BCUT2D eigenvalue weighted by Crippen LogP contribution is 2.29. The van der Waals surface area contributed by atoms with Crippen LogP contribution in [0.15, 0.2) is 36.4 Å². The van der Waals surface area contributed by atoms with Crippen molar-refractivity contribution >= 4 is 16.7 Å². The Morgan fingerprint density at radius 1 is 1.04 bits per heavy atom. The van der Waals surface area contributed by atoms with Crippen LogP contribution in [0.5, 0.6) is 5.75 Å². The number of piperidine rings is 1. The number of H-pyrrole nitrogens is 1. The van der Waals surface area contributed by atoms with Crippen molar-refractivity contribution < 1.29 is 9.50 Å². The van der Waals surface area contributed by atoms with Crippen LogP contribution >= 0.6 is 0 Å². The van der Waals surface area contributed by atoms with Gasteiger partial charge in [0.2, 0.25) is 5.95 Å². The molecule has 4 rings (SSSR count). The number of phenols is 1. The second-order valence-corrected chi connectivity index (χ2v) is 6.01. The van der Waals surface area contributed by atoms with Gasteiger partial charge in [-0.3, -0.25) is 0 Å². The van der Waals surface area contributed by atoms with Crippen LogP contribution in [0.3, 0.4) is 0 Å². The molecule has 1 aliphatic heterocycles. The Morgan fingerprint density at radius 3 is 2.65 bits per heavy atom. The molecule has 0 unspecified atom stereocenters. The molecule has 5 heteroatoms. The molecule has 0 radical (unpaired) electrons. The van der Waals surface area contributed by atoms with Gasteiger partial charge in [0.25, 0.3) is 0 Å². The number of aromatic hydroxyl groups is 1. The standard InChI is InChI=1S/C18H18FN3O/c19-18-14(5-7-17(21-18)22-8-2-1-3-9-22)16-11-12-10-13(23)4-6-15(12)20-16/h4-7,10-11,20,23H,1-3,8-9H2. The summed E-state index contributed by atoms with van der Waals surface area (Å²) in [6, 6.07) is 10.5. The molecule has 2 aromatic heterocycles. The van der Waals surface area contributed by atoms with Gasteiger partial charge in [-0.25, -0.2) is 4.98 Å². The third-order valence-corrected chi connectivity index (χ3v) is 4.41. The van der Waals surface area contributed by atoms with Gasteiger partial charge in [0.05, 0.1) is 11.3 Å². The van der Waals surface area contributed by atoms with Crippen molar-refractivity contribution in [2.75, 3.05) is 18.0 Å². The molecule has 0 amide bonds. The van der Waals surface area contributed by atoms with Gasteiger partial charge in [0.15, 0.2) is 0 Å². The number of rotatable bonds is 2. The van der Waals surface area contributed by atoms with Crippen LogP contribution in [0.25, 0.3) is 22.2 Å². The Labute approximate surface area is 133 Å². The zero-order chi connectivity index (χ0) is 15.8. The third-order valence-electron chi connectivity index (χ3n) is 4.41. The zero-order valence-corrected chi connectivity index (χ0v) is 12.7. The lowest BCUT2D eigenvalue weighted by atomic mass is 10.1. The van der Waals surface area contributed by atoms with Crippen LogP contribution in [0.2, 0.25) is 0 Å². The SMILES string of the molecule is Oc1ccc2[nH]c(-c3ccc(N4CCCCC4)nc3F)cc2c1. The van der Waals surface area contributed by atoms with E-state index in [9.17, 15) is 9.50 Å². The topological polar surface area (TPSA) is 52.1 Å². The molecule has 1 aliphatic rings. The Morgan fingerprint density at radius 2 is 1.87 bits per heavy atom. The van der Waals surface area contributed by atoms with E-state index in [1.165, 1.54) is 6.42 Å². The smallest absolute Gasteiger partial charge is 0.224 e. The van der Waals surface area contributed by atoms with E-state index >= 15 is 0 Å². The van der Waals surface area contributed by atoms with Crippen molar-refractivity contribution in [3.8, 4) is 17.0 Å². The number of phenolic OH excluding ortho intramolecular Hbond substituents is 1. The minimum atomic E-state index is -0.469. The second kappa shape index (κ2) is 5.57. The monoisotopic (exact) mass is 311 g/mol. The number of halogens is 1. The summed E-state index contributed by atoms with van der Waals surface area (Å²) in [5, 5.41) is 10.4. The number of hydrogen-bond acceptors (Lipinski definition) is 3. The first-order chi connectivity index (χ1) is 11.2. The highest BCUT2D eigenvalue weighted by molar-refractivity contribution is 5.87. The molecule has 0 bridgehead atoms. The van der Waals surface area contributed by atoms with Crippen LogP contribution < -0.4 is 4.90 Å². The second-order valence-electron chi connectivity index (χ2n) is 6.01. The molecule has 23 heavy (non-hydrogen) atoms. The fourth-order valence-electron chi connectivity index (χ4n) is 3.19. The van der Waals surface area contributed by atoms with Gasteiger partial charge in [0.1, 0.15) is 11.6 Å². The first kappa shape index (κ1) is 14.1. The number of anilines is 1. The molecule has 1 saturated heterocycles. The Bertz CT molecular complexity index is 853. The van der Waals surface area contributed by atoms with E-state index in [-0.39, 0.29) is 5.75 Å². The lowest BCUT2D eigenvalue weighted by Crippen LogP contribution is -2.30. The van der Waals surface area contributed by atoms with E-state index in [1.54, 1.807) is 24.3 Å². The summed E-state index contributed by atoms with van der Waals surface area (Å²) < 4.78 is 14.5. The largest absolute Gasteiger partial charge is 0.508 e. The first-order valence-corrected chi connectivity index (χ1v) is 7.94. The van der Waals surface area contributed by atoms with E-state index in [2.05, 4.69) is 14.9 Å². The summed E-state index contributed by atoms with van der Waals surface area (Å²) >= 11 is 0. The number of fused-ring (bicyclic) bond motifs is 1. The summed E-state index contributed by atoms with van der Waals surface area (Å²) in [5.41, 5.74) is 1.97. The maximum atomic E-state index is 14.5. The first-order valence-electron chi connectivity index (χ1n) is 7.94. The van der Waals surface area contributed by atoms with Gasteiger partial charge in [-0.1, -0.05) is 0 Å². The number of hydrogen-bond donors (Lipinski definition) is 2. The molecule has 3 aromatic rings. The van der Waals surface area contributed by atoms with Gasteiger partial charge < -0.3 is 15.0 Å². The van der Waals surface area contributed by atoms with Crippen molar-refractivity contribution in [1.29, 1.82) is 0 Å². The third kappa shape index (κ3) is 2.63. The van der Waals surface area contributed by atoms with Crippen LogP contribution in [-0.4, -0.2) is 28.2 Å². The minimum Gasteiger partial charge on any atom is -0.508 e. The molecular weight excluding hydrogens is 293 g/mol. The van der Waals surface area contributed by atoms with Crippen molar-refractivity contribution in [1.82, 2.24) is 9.97 Å². The summed E-state index contributed by atoms with van der Waals surface area (Å²) in [7, 11) is 0. The van der Waals surface area contributed by atoms with Crippen LogP contribution in [0.4, 0.5) is 10.2 Å². The fourth-order valence-corrected chi connectivity index (χ4v) is 3.19. The Kier molecular flexibility index (Phi) is 3.41. The summed E-state index contributed by atoms with van der Waals surface area (Å²) in [4.78, 5) is 9.46. The number of benzene rings is 1. The van der Waals surface area contributed by atoms with Gasteiger partial charge in [0, 0.05) is 24.0 Å². The molecular formula is C18H18FN3O. The van der Waals surface area contributed by atoms with Gasteiger partial charge in [-0.2, -0.15) is 4.39 Å². The average Bonchev–Trinajstić information content (AvgIpc) is 2.98. The van der Waals surface area contributed by atoms with E-state index in [4.69, 9.17) is 0 Å². The molecule has 4 nitrogen and oxygen atoms in total. The highest BCUT2D eigenvalue weighted by Gasteiger charge is 2.16. The summed E-state index contributed by atoms with van der Waals surface area (Å²) in [6.45, 7) is 1.88. The molecule has 0 aliphatic carbocycles. The number of nitrogens with zero attached hydrogens (tertiary/aromatic N) is 2. The lowest BCUT2D eigenvalue weighted by Gasteiger charge is -2.27. The normalized spacial score (nSPS) is 15.3. The van der Waals surface area contributed by atoms with Crippen LogP contribution in [-0.2, 0) is 0 Å². The molecule has 0 saturated carbocycles. The summed E-state index contributed by atoms with van der Waals surface area (Å²) in [6.07, 6.45) is 3.51. The van der Waals surface area contributed by atoms with Gasteiger partial charge in [-0.05, 0) is 55.7 Å². The van der Waals surface area contributed by atoms with E-state index in [1.807, 2.05) is 12.1 Å². The number of aromatic amines is 1. The van der Waals surface area contributed by atoms with Crippen molar-refractivity contribution in [3.63, 3.8) is 0 Å². The molecule has 1 aromatic carbocycles. The quantitative estimate of drug-likeness (QED) is 0.702. The molecule has 2 N–H and O–H groups in total. The van der Waals surface area contributed by atoms with Crippen molar-refractivity contribution in [2.45, 2.75) is 19.3 Å². The van der Waals surface area contributed by atoms with E-state index in [0.717, 1.165) is 36.8 Å². The molecule has 3 heterocycles. The van der Waals surface area contributed by atoms with E-state index < -0.39 is 5.95 Å². The van der Waals surface area contributed by atoms with Crippen molar-refractivity contribution in [2.24, 2.45) is 0 Å². The minimum absolute atomic E-state index is 0.196. The lowest BCUT2D eigenvalue weighted by molar-refractivity contribution is 0.476. The number of nitrogens with one attached hydrogen (secondary N) is 1. The predicted molar refractivity (Wildman–Crippen MR) is 89.2 cm³/mol. The molecule has 118 valence electrons. The molecule has 0 spiro atoms. The van der Waals surface area contributed by atoms with Gasteiger partial charge >= 0.3 is 0 Å². The summed E-state index contributed by atoms with van der Waals surface area (Å²) in [5.74, 6) is 0.436. The average molecular weight is 311 g/mol. The van der Waals surface area contributed by atoms with Crippen LogP contribution in [0.1, 0.15) is 19.3 Å². The maximum absolute atomic E-state index is 14.5. The fraction of sp³-hybridized carbons (Fsp3) is 0.278. The molecule has 0 atom stereocenters. The Balaban J connectivity index is 1.70. The number of pyridine rings is 1. The van der Waals surface area contributed by atoms with E-state index in [0.29, 0.717) is 17.1 Å². The van der Waals surface area contributed by atoms with Crippen molar-refractivity contribution in [3.05, 3.63) is 42.3 Å². The Hall–Kier alpha value is -2.56. The zero-order valence-electron chi connectivity index (χ0n) is 12.7. The maximum Gasteiger partial charge on any atom is 0.224 e. The predicted octanol–water partition coefficient (Wildman–Crippen LogP) is 4.06. The molecule has 1 fully saturated rings. The highest BCUT2D eigenvalue weighted by atomic mass is 19.1. The van der Waals surface area contributed by atoms with Gasteiger partial charge in [-0.15, -0.1) is 0 Å². The number of aromatic nitrogens is 2.